The molecule has 0 saturated heterocycles. The Hall–Kier alpha value is -1.14. The third-order valence-electron chi connectivity index (χ3n) is 3.12. The van der Waals surface area contributed by atoms with Gasteiger partial charge >= 0.3 is 0 Å². The number of anilines is 1. The van der Waals surface area contributed by atoms with E-state index in [1.807, 2.05) is 12.3 Å². The normalized spacial score (nSPS) is 28.1. The van der Waals surface area contributed by atoms with Gasteiger partial charge in [0.25, 0.3) is 0 Å². The van der Waals surface area contributed by atoms with Crippen LogP contribution in [0.2, 0.25) is 0 Å². The predicted octanol–water partition coefficient (Wildman–Crippen LogP) is 1.78. The van der Waals surface area contributed by atoms with Crippen molar-refractivity contribution in [1.82, 2.24) is 14.6 Å². The summed E-state index contributed by atoms with van der Waals surface area (Å²) in [7, 11) is 0. The second-order valence-electron chi connectivity index (χ2n) is 4.98. The highest BCUT2D eigenvalue weighted by Gasteiger charge is 2.37. The Morgan fingerprint density at radius 1 is 1.59 bits per heavy atom. The molecular formula is C11H14BrN5. The zero-order chi connectivity index (χ0) is 12.0. The Balaban J connectivity index is 1.78. The van der Waals surface area contributed by atoms with Crippen molar-refractivity contribution in [2.45, 2.75) is 31.3 Å². The SMILES string of the molecule is CC1(N)CC(Nc2ncc3c(Br)ccn3n2)C1. The van der Waals surface area contributed by atoms with Crippen LogP contribution >= 0.6 is 15.9 Å². The van der Waals surface area contributed by atoms with Crippen LogP contribution in [0.3, 0.4) is 0 Å². The first-order valence-corrected chi connectivity index (χ1v) is 6.38. The summed E-state index contributed by atoms with van der Waals surface area (Å²) in [5.74, 6) is 0.654. The second kappa shape index (κ2) is 3.68. The minimum absolute atomic E-state index is 0.0295. The Labute approximate surface area is 108 Å². The molecule has 0 aromatic carbocycles. The summed E-state index contributed by atoms with van der Waals surface area (Å²) in [5, 5.41) is 7.69. The molecule has 3 rings (SSSR count). The monoisotopic (exact) mass is 295 g/mol. The van der Waals surface area contributed by atoms with E-state index >= 15 is 0 Å². The molecule has 1 saturated carbocycles. The molecular weight excluding hydrogens is 282 g/mol. The van der Waals surface area contributed by atoms with Crippen molar-refractivity contribution in [2.75, 3.05) is 5.32 Å². The second-order valence-corrected chi connectivity index (χ2v) is 5.83. The molecule has 5 nitrogen and oxygen atoms in total. The van der Waals surface area contributed by atoms with Crippen LogP contribution in [-0.2, 0) is 0 Å². The number of nitrogens with one attached hydrogen (secondary N) is 1. The molecule has 1 aliphatic rings. The van der Waals surface area contributed by atoms with Crippen LogP contribution < -0.4 is 11.1 Å². The average molecular weight is 296 g/mol. The van der Waals surface area contributed by atoms with E-state index in [9.17, 15) is 0 Å². The predicted molar refractivity (Wildman–Crippen MR) is 69.9 cm³/mol. The van der Waals surface area contributed by atoms with Crippen LogP contribution in [-0.4, -0.2) is 26.2 Å². The van der Waals surface area contributed by atoms with Gasteiger partial charge in [0.1, 0.15) is 0 Å². The number of fused-ring (bicyclic) bond motifs is 1. The number of hydrogen-bond acceptors (Lipinski definition) is 4. The summed E-state index contributed by atoms with van der Waals surface area (Å²) in [5.41, 5.74) is 6.90. The molecule has 0 atom stereocenters. The van der Waals surface area contributed by atoms with Crippen molar-refractivity contribution in [3.63, 3.8) is 0 Å². The number of rotatable bonds is 2. The van der Waals surface area contributed by atoms with E-state index < -0.39 is 0 Å². The zero-order valence-electron chi connectivity index (χ0n) is 9.52. The maximum Gasteiger partial charge on any atom is 0.241 e. The van der Waals surface area contributed by atoms with E-state index in [0.29, 0.717) is 12.0 Å². The molecule has 0 unspecified atom stereocenters. The number of nitrogens with zero attached hydrogens (tertiary/aromatic N) is 3. The van der Waals surface area contributed by atoms with Crippen molar-refractivity contribution in [1.29, 1.82) is 0 Å². The Bertz CT molecular complexity index is 554. The van der Waals surface area contributed by atoms with Crippen LogP contribution in [0.25, 0.3) is 5.52 Å². The number of hydrogen-bond donors (Lipinski definition) is 2. The van der Waals surface area contributed by atoms with Crippen molar-refractivity contribution in [2.24, 2.45) is 5.73 Å². The van der Waals surface area contributed by atoms with Gasteiger partial charge in [0.15, 0.2) is 0 Å². The third-order valence-corrected chi connectivity index (χ3v) is 3.79. The number of halogens is 1. The summed E-state index contributed by atoms with van der Waals surface area (Å²) >= 11 is 3.44. The van der Waals surface area contributed by atoms with E-state index in [0.717, 1.165) is 22.8 Å². The first-order chi connectivity index (χ1) is 8.03. The van der Waals surface area contributed by atoms with Crippen molar-refractivity contribution in [3.05, 3.63) is 22.9 Å². The van der Waals surface area contributed by atoms with Crippen LogP contribution in [0.5, 0.6) is 0 Å². The van der Waals surface area contributed by atoms with E-state index in [2.05, 4.69) is 38.3 Å². The summed E-state index contributed by atoms with van der Waals surface area (Å²) in [6.45, 7) is 2.07. The highest BCUT2D eigenvalue weighted by Crippen LogP contribution is 2.30. The number of nitrogens with two attached hydrogens (primary N) is 1. The molecule has 2 aromatic heterocycles. The lowest BCUT2D eigenvalue weighted by molar-refractivity contribution is 0.247. The molecule has 0 amide bonds. The fourth-order valence-electron chi connectivity index (χ4n) is 2.29. The summed E-state index contributed by atoms with van der Waals surface area (Å²) < 4.78 is 2.81. The molecule has 2 aromatic rings. The molecule has 0 bridgehead atoms. The standard InChI is InChI=1S/C11H14BrN5/c1-11(13)4-7(5-11)15-10-14-6-9-8(12)2-3-17(9)16-10/h2-3,6-7H,4-5,13H2,1H3,(H,15,16). The van der Waals surface area contributed by atoms with Crippen LogP contribution in [0.1, 0.15) is 19.8 Å². The molecule has 17 heavy (non-hydrogen) atoms. The largest absolute Gasteiger partial charge is 0.350 e. The lowest BCUT2D eigenvalue weighted by Gasteiger charge is -2.42. The van der Waals surface area contributed by atoms with E-state index in [1.54, 1.807) is 10.7 Å². The van der Waals surface area contributed by atoms with Gasteiger partial charge in [-0.05, 0) is 41.8 Å². The van der Waals surface area contributed by atoms with Gasteiger partial charge in [0, 0.05) is 22.3 Å². The minimum atomic E-state index is -0.0295. The van der Waals surface area contributed by atoms with Crippen molar-refractivity contribution < 1.29 is 0 Å². The van der Waals surface area contributed by atoms with Gasteiger partial charge in [-0.25, -0.2) is 9.50 Å². The fraction of sp³-hybridized carbons (Fsp3) is 0.455. The van der Waals surface area contributed by atoms with Crippen molar-refractivity contribution >= 4 is 27.4 Å². The lowest BCUT2D eigenvalue weighted by atomic mass is 9.75. The van der Waals surface area contributed by atoms with Gasteiger partial charge in [-0.15, -0.1) is 5.10 Å². The molecule has 1 aliphatic carbocycles. The zero-order valence-corrected chi connectivity index (χ0v) is 11.1. The molecule has 0 spiro atoms. The maximum atomic E-state index is 5.97. The van der Waals surface area contributed by atoms with E-state index in [1.165, 1.54) is 0 Å². The van der Waals surface area contributed by atoms with Crippen molar-refractivity contribution in [3.8, 4) is 0 Å². The van der Waals surface area contributed by atoms with E-state index in [-0.39, 0.29) is 5.54 Å². The first-order valence-electron chi connectivity index (χ1n) is 5.59. The fourth-order valence-corrected chi connectivity index (χ4v) is 2.69. The lowest BCUT2D eigenvalue weighted by Crippen LogP contribution is -2.54. The van der Waals surface area contributed by atoms with E-state index in [4.69, 9.17) is 5.73 Å². The van der Waals surface area contributed by atoms with Gasteiger partial charge in [-0.1, -0.05) is 0 Å². The Morgan fingerprint density at radius 2 is 2.35 bits per heavy atom. The molecule has 1 fully saturated rings. The quantitative estimate of drug-likeness (QED) is 0.886. The van der Waals surface area contributed by atoms with Gasteiger partial charge in [-0.2, -0.15) is 0 Å². The Kier molecular flexibility index (Phi) is 2.38. The van der Waals surface area contributed by atoms with Gasteiger partial charge in [-0.3, -0.25) is 0 Å². The number of aromatic nitrogens is 3. The van der Waals surface area contributed by atoms with Crippen LogP contribution in [0.4, 0.5) is 5.95 Å². The average Bonchev–Trinajstić information content (AvgIpc) is 2.57. The van der Waals surface area contributed by atoms with Crippen LogP contribution in [0.15, 0.2) is 22.9 Å². The topological polar surface area (TPSA) is 68.2 Å². The van der Waals surface area contributed by atoms with Crippen LogP contribution in [0, 0.1) is 0 Å². The Morgan fingerprint density at radius 3 is 3.06 bits per heavy atom. The molecule has 6 heteroatoms. The third kappa shape index (κ3) is 2.02. The molecule has 3 N–H and O–H groups in total. The molecule has 90 valence electrons. The summed E-state index contributed by atoms with van der Waals surface area (Å²) in [6.07, 6.45) is 5.63. The van der Waals surface area contributed by atoms with Gasteiger partial charge < -0.3 is 11.1 Å². The summed E-state index contributed by atoms with van der Waals surface area (Å²) in [4.78, 5) is 4.30. The molecule has 2 heterocycles. The molecule has 0 aliphatic heterocycles. The minimum Gasteiger partial charge on any atom is -0.350 e. The molecule has 0 radical (unpaired) electrons. The summed E-state index contributed by atoms with van der Waals surface area (Å²) in [6, 6.07) is 2.34. The smallest absolute Gasteiger partial charge is 0.241 e. The first kappa shape index (κ1) is 11.0. The highest BCUT2D eigenvalue weighted by molar-refractivity contribution is 9.10. The maximum absolute atomic E-state index is 5.97. The highest BCUT2D eigenvalue weighted by atomic mass is 79.9. The van der Waals surface area contributed by atoms with Gasteiger partial charge in [0.05, 0.1) is 11.7 Å². The van der Waals surface area contributed by atoms with Gasteiger partial charge in [0.2, 0.25) is 5.95 Å².